The van der Waals surface area contributed by atoms with Crippen molar-refractivity contribution < 1.29 is 14.1 Å². The van der Waals surface area contributed by atoms with Crippen LogP contribution in [0.5, 0.6) is 5.75 Å². The summed E-state index contributed by atoms with van der Waals surface area (Å²) in [5.74, 6) is 1.51. The van der Waals surface area contributed by atoms with E-state index in [2.05, 4.69) is 15.5 Å². The molecule has 0 saturated heterocycles. The topological polar surface area (TPSA) is 103 Å². The van der Waals surface area contributed by atoms with Crippen LogP contribution in [-0.4, -0.2) is 29.2 Å². The Labute approximate surface area is 141 Å². The van der Waals surface area contributed by atoms with Crippen molar-refractivity contribution in [2.24, 2.45) is 11.7 Å². The molecule has 0 spiro atoms. The van der Waals surface area contributed by atoms with E-state index in [0.717, 1.165) is 5.56 Å². The second-order valence-electron chi connectivity index (χ2n) is 6.12. The Morgan fingerprint density at radius 2 is 2.04 bits per heavy atom. The number of para-hydroxylation sites is 1. The summed E-state index contributed by atoms with van der Waals surface area (Å²) in [6.45, 7) is 5.82. The van der Waals surface area contributed by atoms with Gasteiger partial charge in [0.2, 0.25) is 17.6 Å². The third-order valence-electron chi connectivity index (χ3n) is 3.58. The van der Waals surface area contributed by atoms with E-state index in [-0.39, 0.29) is 5.91 Å². The van der Waals surface area contributed by atoms with E-state index in [1.165, 1.54) is 0 Å². The molecule has 2 atom stereocenters. The molecule has 0 fully saturated rings. The number of aromatic nitrogens is 2. The summed E-state index contributed by atoms with van der Waals surface area (Å²) in [6.07, 6.45) is 0.620. The highest BCUT2D eigenvalue weighted by atomic mass is 16.5. The maximum Gasteiger partial charge on any atom is 0.249 e. The van der Waals surface area contributed by atoms with E-state index in [9.17, 15) is 4.79 Å². The van der Waals surface area contributed by atoms with Gasteiger partial charge in [0.1, 0.15) is 11.8 Å². The Morgan fingerprint density at radius 1 is 1.33 bits per heavy atom. The van der Waals surface area contributed by atoms with Gasteiger partial charge in [0, 0.05) is 0 Å². The molecule has 1 aromatic heterocycles. The van der Waals surface area contributed by atoms with Crippen LogP contribution in [0.4, 0.5) is 0 Å². The van der Waals surface area contributed by atoms with E-state index >= 15 is 0 Å². The zero-order valence-electron chi connectivity index (χ0n) is 14.4. The minimum Gasteiger partial charge on any atom is -0.496 e. The zero-order chi connectivity index (χ0) is 17.7. The molecule has 1 heterocycles. The first-order valence-electron chi connectivity index (χ1n) is 7.95. The summed E-state index contributed by atoms with van der Waals surface area (Å²) in [7, 11) is 1.58. The molecule has 2 rings (SSSR count). The average molecular weight is 332 g/mol. The van der Waals surface area contributed by atoms with Gasteiger partial charge < -0.3 is 20.3 Å². The third-order valence-corrected chi connectivity index (χ3v) is 3.58. The minimum absolute atomic E-state index is 0.228. The largest absolute Gasteiger partial charge is 0.496 e. The first-order valence-corrected chi connectivity index (χ1v) is 7.95. The van der Waals surface area contributed by atoms with Crippen LogP contribution in [0.1, 0.15) is 39.1 Å². The molecular formula is C17H24N4O3. The van der Waals surface area contributed by atoms with Crippen LogP contribution in [0.25, 0.3) is 11.4 Å². The van der Waals surface area contributed by atoms with E-state index in [0.29, 0.717) is 29.8 Å². The zero-order valence-corrected chi connectivity index (χ0v) is 14.4. The average Bonchev–Trinajstić information content (AvgIpc) is 3.04. The predicted octanol–water partition coefficient (Wildman–Crippen LogP) is 2.30. The smallest absolute Gasteiger partial charge is 0.249 e. The van der Waals surface area contributed by atoms with Crippen LogP contribution < -0.4 is 15.8 Å². The number of ether oxygens (including phenoxy) is 1. The summed E-state index contributed by atoms with van der Waals surface area (Å²) in [4.78, 5) is 16.4. The molecule has 3 N–H and O–H groups in total. The van der Waals surface area contributed by atoms with Crippen molar-refractivity contribution in [1.29, 1.82) is 0 Å². The van der Waals surface area contributed by atoms with Crippen molar-refractivity contribution >= 4 is 5.91 Å². The maximum absolute atomic E-state index is 12.1. The van der Waals surface area contributed by atoms with E-state index < -0.39 is 12.1 Å². The molecule has 1 unspecified atom stereocenters. The lowest BCUT2D eigenvalue weighted by Gasteiger charge is -2.16. The summed E-state index contributed by atoms with van der Waals surface area (Å²) in [5.41, 5.74) is 6.61. The van der Waals surface area contributed by atoms with Crippen molar-refractivity contribution in [3.63, 3.8) is 0 Å². The fourth-order valence-electron chi connectivity index (χ4n) is 2.35. The normalized spacial score (nSPS) is 13.6. The number of rotatable bonds is 7. The highest BCUT2D eigenvalue weighted by Gasteiger charge is 2.22. The molecule has 0 aliphatic rings. The Morgan fingerprint density at radius 3 is 2.71 bits per heavy atom. The van der Waals surface area contributed by atoms with Crippen molar-refractivity contribution in [2.45, 2.75) is 39.3 Å². The molecule has 0 aliphatic heterocycles. The number of hydrogen-bond donors (Lipinski definition) is 2. The number of methoxy groups -OCH3 is 1. The van der Waals surface area contributed by atoms with Crippen LogP contribution in [0.3, 0.4) is 0 Å². The lowest BCUT2D eigenvalue weighted by molar-refractivity contribution is -0.123. The molecule has 1 aromatic carbocycles. The van der Waals surface area contributed by atoms with Gasteiger partial charge in [-0.25, -0.2) is 0 Å². The molecule has 7 nitrogen and oxygen atoms in total. The fraction of sp³-hybridized carbons (Fsp3) is 0.471. The van der Waals surface area contributed by atoms with Gasteiger partial charge >= 0.3 is 0 Å². The van der Waals surface area contributed by atoms with Crippen LogP contribution >= 0.6 is 0 Å². The Bertz CT molecular complexity index is 684. The Hall–Kier alpha value is -2.41. The second kappa shape index (κ2) is 7.92. The van der Waals surface area contributed by atoms with Crippen LogP contribution in [0, 0.1) is 5.92 Å². The Kier molecular flexibility index (Phi) is 5.92. The van der Waals surface area contributed by atoms with E-state index in [4.69, 9.17) is 15.0 Å². The lowest BCUT2D eigenvalue weighted by Crippen LogP contribution is -2.42. The first kappa shape index (κ1) is 17.9. The van der Waals surface area contributed by atoms with Crippen molar-refractivity contribution in [2.75, 3.05) is 7.11 Å². The van der Waals surface area contributed by atoms with Crippen LogP contribution in [-0.2, 0) is 4.79 Å². The SMILES string of the molecule is COc1ccccc1-c1noc(C(C)NC(=O)[C@@H](N)CC(C)C)n1. The molecule has 2 aromatic rings. The fourth-order valence-corrected chi connectivity index (χ4v) is 2.35. The van der Waals surface area contributed by atoms with Gasteiger partial charge in [-0.3, -0.25) is 4.79 Å². The number of benzene rings is 1. The van der Waals surface area contributed by atoms with Crippen molar-refractivity contribution in [3.8, 4) is 17.1 Å². The minimum atomic E-state index is -0.552. The molecular weight excluding hydrogens is 308 g/mol. The summed E-state index contributed by atoms with van der Waals surface area (Å²) >= 11 is 0. The maximum atomic E-state index is 12.1. The number of nitrogens with two attached hydrogens (primary N) is 1. The Balaban J connectivity index is 2.08. The lowest BCUT2D eigenvalue weighted by atomic mass is 10.0. The molecule has 7 heteroatoms. The van der Waals surface area contributed by atoms with Crippen molar-refractivity contribution in [3.05, 3.63) is 30.2 Å². The number of amides is 1. The van der Waals surface area contributed by atoms with Gasteiger partial charge in [0.25, 0.3) is 0 Å². The number of carbonyl (C=O) groups excluding carboxylic acids is 1. The molecule has 0 radical (unpaired) electrons. The van der Waals surface area contributed by atoms with Gasteiger partial charge in [-0.2, -0.15) is 4.98 Å². The predicted molar refractivity (Wildman–Crippen MR) is 90.3 cm³/mol. The number of nitrogens with zero attached hydrogens (tertiary/aromatic N) is 2. The molecule has 24 heavy (non-hydrogen) atoms. The molecule has 0 saturated carbocycles. The molecule has 0 aliphatic carbocycles. The summed E-state index contributed by atoms with van der Waals surface area (Å²) in [5, 5.41) is 6.77. The highest BCUT2D eigenvalue weighted by Crippen LogP contribution is 2.27. The second-order valence-corrected chi connectivity index (χ2v) is 6.12. The number of carbonyl (C=O) groups is 1. The van der Waals surface area contributed by atoms with Crippen LogP contribution in [0.2, 0.25) is 0 Å². The quantitative estimate of drug-likeness (QED) is 0.806. The molecule has 1 amide bonds. The summed E-state index contributed by atoms with van der Waals surface area (Å²) in [6, 6.07) is 6.42. The van der Waals surface area contributed by atoms with Gasteiger partial charge in [-0.05, 0) is 31.4 Å². The summed E-state index contributed by atoms with van der Waals surface area (Å²) < 4.78 is 10.6. The third kappa shape index (κ3) is 4.32. The van der Waals surface area contributed by atoms with Crippen LogP contribution in [0.15, 0.2) is 28.8 Å². The van der Waals surface area contributed by atoms with E-state index in [1.54, 1.807) is 14.0 Å². The van der Waals surface area contributed by atoms with Crippen molar-refractivity contribution in [1.82, 2.24) is 15.5 Å². The van der Waals surface area contributed by atoms with Gasteiger partial charge in [-0.1, -0.05) is 31.1 Å². The monoisotopic (exact) mass is 332 g/mol. The van der Waals surface area contributed by atoms with E-state index in [1.807, 2.05) is 38.1 Å². The molecule has 0 bridgehead atoms. The van der Waals surface area contributed by atoms with Gasteiger partial charge in [0.05, 0.1) is 18.7 Å². The number of nitrogens with one attached hydrogen (secondary N) is 1. The molecule has 130 valence electrons. The number of hydrogen-bond acceptors (Lipinski definition) is 6. The highest BCUT2D eigenvalue weighted by molar-refractivity contribution is 5.81. The van der Waals surface area contributed by atoms with Gasteiger partial charge in [0.15, 0.2) is 0 Å². The first-order chi connectivity index (χ1) is 11.4. The van der Waals surface area contributed by atoms with Gasteiger partial charge in [-0.15, -0.1) is 0 Å². The standard InChI is InChI=1S/C17H24N4O3/c1-10(2)9-13(18)16(22)19-11(3)17-20-15(21-24-17)12-7-5-6-8-14(12)23-4/h5-8,10-11,13H,9,18H2,1-4H3,(H,19,22)/t11?,13-/m0/s1.